The van der Waals surface area contributed by atoms with Crippen molar-refractivity contribution in [2.75, 3.05) is 5.32 Å². The van der Waals surface area contributed by atoms with Gasteiger partial charge in [0.15, 0.2) is 5.76 Å². The summed E-state index contributed by atoms with van der Waals surface area (Å²) in [7, 11) is 0. The first-order valence-corrected chi connectivity index (χ1v) is 8.31. The molecule has 3 heterocycles. The molecule has 4 aromatic rings. The first kappa shape index (κ1) is 16.0. The van der Waals surface area contributed by atoms with Gasteiger partial charge in [-0.15, -0.1) is 0 Å². The fourth-order valence-electron chi connectivity index (χ4n) is 2.85. The molecule has 1 N–H and O–H groups in total. The quantitative estimate of drug-likeness (QED) is 0.582. The van der Waals surface area contributed by atoms with Gasteiger partial charge in [-0.2, -0.15) is 0 Å². The molecule has 5 nitrogen and oxygen atoms in total. The highest BCUT2D eigenvalue weighted by Crippen LogP contribution is 2.26. The predicted molar refractivity (Wildman–Crippen MR) is 101 cm³/mol. The van der Waals surface area contributed by atoms with Crippen molar-refractivity contribution in [1.29, 1.82) is 0 Å². The number of anilines is 1. The molecule has 0 atom stereocenters. The van der Waals surface area contributed by atoms with Crippen LogP contribution in [-0.4, -0.2) is 15.9 Å². The highest BCUT2D eigenvalue weighted by molar-refractivity contribution is 6.12. The predicted octanol–water partition coefficient (Wildman–Crippen LogP) is 4.76. The van der Waals surface area contributed by atoms with E-state index in [2.05, 4.69) is 15.3 Å². The average molecular weight is 343 g/mol. The number of aryl methyl sites for hydroxylation is 2. The number of nitrogens with zero attached hydrogens (tertiary/aromatic N) is 2. The van der Waals surface area contributed by atoms with Crippen LogP contribution in [0, 0.1) is 13.8 Å². The van der Waals surface area contributed by atoms with Gasteiger partial charge in [-0.1, -0.05) is 18.2 Å². The topological polar surface area (TPSA) is 68.0 Å². The van der Waals surface area contributed by atoms with Gasteiger partial charge in [-0.3, -0.25) is 4.79 Å². The van der Waals surface area contributed by atoms with Crippen molar-refractivity contribution < 1.29 is 9.21 Å². The van der Waals surface area contributed by atoms with Gasteiger partial charge in [-0.25, -0.2) is 9.97 Å². The van der Waals surface area contributed by atoms with Crippen LogP contribution < -0.4 is 5.32 Å². The molecule has 0 fully saturated rings. The molecule has 1 aromatic carbocycles. The summed E-state index contributed by atoms with van der Waals surface area (Å²) in [6.07, 6.45) is 1.67. The zero-order valence-corrected chi connectivity index (χ0v) is 14.5. The van der Waals surface area contributed by atoms with Crippen molar-refractivity contribution in [2.45, 2.75) is 13.8 Å². The van der Waals surface area contributed by atoms with Gasteiger partial charge in [0, 0.05) is 11.6 Å². The number of benzene rings is 1. The molecule has 0 aliphatic heterocycles. The average Bonchev–Trinajstić information content (AvgIpc) is 3.07. The first-order chi connectivity index (χ1) is 12.6. The highest BCUT2D eigenvalue weighted by atomic mass is 16.3. The van der Waals surface area contributed by atoms with E-state index in [0.29, 0.717) is 22.8 Å². The summed E-state index contributed by atoms with van der Waals surface area (Å²) in [5, 5.41) is 3.65. The minimum atomic E-state index is -0.230. The molecule has 0 unspecified atom stereocenters. The monoisotopic (exact) mass is 343 g/mol. The van der Waals surface area contributed by atoms with Gasteiger partial charge in [0.1, 0.15) is 17.3 Å². The van der Waals surface area contributed by atoms with E-state index >= 15 is 0 Å². The van der Waals surface area contributed by atoms with Gasteiger partial charge in [0.2, 0.25) is 0 Å². The molecule has 0 saturated carbocycles. The second kappa shape index (κ2) is 6.44. The number of nitrogens with one attached hydrogen (secondary N) is 1. The molecule has 128 valence electrons. The Hall–Kier alpha value is -3.47. The van der Waals surface area contributed by atoms with Gasteiger partial charge in [0.25, 0.3) is 5.91 Å². The Balaban J connectivity index is 1.81. The van der Waals surface area contributed by atoms with E-state index in [-0.39, 0.29) is 5.91 Å². The summed E-state index contributed by atoms with van der Waals surface area (Å²) in [6, 6.07) is 16.8. The molecule has 0 aliphatic rings. The fraction of sp³-hybridized carbons (Fsp3) is 0.0952. The molecule has 3 aromatic heterocycles. The Morgan fingerprint density at radius 1 is 1.04 bits per heavy atom. The Morgan fingerprint density at radius 3 is 2.65 bits per heavy atom. The number of hydrogen-bond donors (Lipinski definition) is 1. The standard InChI is InChI=1S/C21H17N3O2/c1-13-9-10-22-20(11-13)24-21(25)16-12-18(19-8-7-14(2)26-19)23-17-6-4-3-5-15(16)17/h3-12H,1-2H3,(H,22,24,25). The van der Waals surface area contributed by atoms with E-state index in [9.17, 15) is 4.79 Å². The van der Waals surface area contributed by atoms with Crippen molar-refractivity contribution in [2.24, 2.45) is 0 Å². The van der Waals surface area contributed by atoms with E-state index in [4.69, 9.17) is 4.42 Å². The lowest BCUT2D eigenvalue weighted by Crippen LogP contribution is -2.14. The van der Waals surface area contributed by atoms with Crippen LogP contribution in [0.4, 0.5) is 5.82 Å². The molecule has 0 spiro atoms. The highest BCUT2D eigenvalue weighted by Gasteiger charge is 2.16. The number of aromatic nitrogens is 2. The van der Waals surface area contributed by atoms with Crippen molar-refractivity contribution >= 4 is 22.6 Å². The van der Waals surface area contributed by atoms with E-state index < -0.39 is 0 Å². The maximum Gasteiger partial charge on any atom is 0.257 e. The van der Waals surface area contributed by atoms with Crippen molar-refractivity contribution in [3.63, 3.8) is 0 Å². The molecule has 0 saturated heterocycles. The van der Waals surface area contributed by atoms with E-state index in [1.165, 1.54) is 0 Å². The number of carbonyl (C=O) groups excluding carboxylic acids is 1. The molecule has 4 rings (SSSR count). The summed E-state index contributed by atoms with van der Waals surface area (Å²) in [5.74, 6) is 1.72. The number of furan rings is 1. The van der Waals surface area contributed by atoms with Gasteiger partial charge < -0.3 is 9.73 Å². The third-order valence-electron chi connectivity index (χ3n) is 4.11. The number of rotatable bonds is 3. The molecular weight excluding hydrogens is 326 g/mol. The normalized spacial score (nSPS) is 10.8. The molecule has 0 aliphatic carbocycles. The maximum atomic E-state index is 12.9. The Morgan fingerprint density at radius 2 is 1.88 bits per heavy atom. The number of carbonyl (C=O) groups is 1. The van der Waals surface area contributed by atoms with E-state index in [1.807, 2.05) is 62.4 Å². The lowest BCUT2D eigenvalue weighted by Gasteiger charge is -2.09. The van der Waals surface area contributed by atoms with Crippen LogP contribution in [0.15, 0.2) is 65.2 Å². The summed E-state index contributed by atoms with van der Waals surface area (Å²) in [4.78, 5) is 21.8. The van der Waals surface area contributed by atoms with Gasteiger partial charge in [0.05, 0.1) is 11.1 Å². The van der Waals surface area contributed by atoms with Gasteiger partial charge in [-0.05, 0) is 55.8 Å². The molecule has 1 amide bonds. The lowest BCUT2D eigenvalue weighted by atomic mass is 10.1. The summed E-state index contributed by atoms with van der Waals surface area (Å²) in [5.41, 5.74) is 2.92. The molecule has 5 heteroatoms. The number of para-hydroxylation sites is 1. The van der Waals surface area contributed by atoms with Crippen LogP contribution in [0.1, 0.15) is 21.7 Å². The number of amides is 1. The lowest BCUT2D eigenvalue weighted by molar-refractivity contribution is 0.102. The maximum absolute atomic E-state index is 12.9. The van der Waals surface area contributed by atoms with Crippen molar-refractivity contribution in [3.05, 3.63) is 77.7 Å². The second-order valence-electron chi connectivity index (χ2n) is 6.16. The first-order valence-electron chi connectivity index (χ1n) is 8.31. The van der Waals surface area contributed by atoms with E-state index in [0.717, 1.165) is 22.2 Å². The number of hydrogen-bond acceptors (Lipinski definition) is 4. The Kier molecular flexibility index (Phi) is 3.97. The van der Waals surface area contributed by atoms with Crippen LogP contribution in [0.3, 0.4) is 0 Å². The van der Waals surface area contributed by atoms with Crippen LogP contribution in [0.2, 0.25) is 0 Å². The van der Waals surface area contributed by atoms with E-state index in [1.54, 1.807) is 12.3 Å². The number of pyridine rings is 2. The van der Waals surface area contributed by atoms with Crippen LogP contribution >= 0.6 is 0 Å². The zero-order chi connectivity index (χ0) is 18.1. The molecular formula is C21H17N3O2. The minimum Gasteiger partial charge on any atom is -0.460 e. The largest absolute Gasteiger partial charge is 0.460 e. The van der Waals surface area contributed by atoms with Crippen LogP contribution in [-0.2, 0) is 0 Å². The molecule has 26 heavy (non-hydrogen) atoms. The van der Waals surface area contributed by atoms with Crippen molar-refractivity contribution in [3.8, 4) is 11.5 Å². The SMILES string of the molecule is Cc1ccnc(NC(=O)c2cc(-c3ccc(C)o3)nc3ccccc23)c1. The zero-order valence-electron chi connectivity index (χ0n) is 14.5. The smallest absolute Gasteiger partial charge is 0.257 e. The summed E-state index contributed by atoms with van der Waals surface area (Å²) < 4.78 is 5.68. The number of fused-ring (bicyclic) bond motifs is 1. The summed E-state index contributed by atoms with van der Waals surface area (Å²) in [6.45, 7) is 3.83. The van der Waals surface area contributed by atoms with Crippen LogP contribution in [0.5, 0.6) is 0 Å². The third-order valence-corrected chi connectivity index (χ3v) is 4.11. The Labute approximate surface area is 150 Å². The Bertz CT molecular complexity index is 1120. The minimum absolute atomic E-state index is 0.230. The molecule has 0 bridgehead atoms. The third kappa shape index (κ3) is 3.07. The van der Waals surface area contributed by atoms with Crippen LogP contribution in [0.25, 0.3) is 22.4 Å². The van der Waals surface area contributed by atoms with Crippen molar-refractivity contribution in [1.82, 2.24) is 9.97 Å². The second-order valence-corrected chi connectivity index (χ2v) is 6.16. The summed E-state index contributed by atoms with van der Waals surface area (Å²) >= 11 is 0. The van der Waals surface area contributed by atoms with Gasteiger partial charge >= 0.3 is 0 Å². The fourth-order valence-corrected chi connectivity index (χ4v) is 2.85. The molecule has 0 radical (unpaired) electrons.